The van der Waals surface area contributed by atoms with Crippen LogP contribution >= 0.6 is 11.3 Å². The number of hydrogen-bond acceptors (Lipinski definition) is 5. The molecule has 0 amide bonds. The van der Waals surface area contributed by atoms with Crippen LogP contribution in [0, 0.1) is 6.92 Å². The highest BCUT2D eigenvalue weighted by atomic mass is 32.1. The van der Waals surface area contributed by atoms with Crippen LogP contribution < -0.4 is 5.56 Å². The normalized spacial score (nSPS) is 10.9. The largest absolute Gasteiger partial charge is 0.296 e. The minimum absolute atomic E-state index is 0.199. The number of benzene rings is 1. The highest BCUT2D eigenvalue weighted by Gasteiger charge is 2.09. The highest BCUT2D eigenvalue weighted by Crippen LogP contribution is 2.14. The minimum atomic E-state index is -0.199. The zero-order valence-electron chi connectivity index (χ0n) is 9.70. The summed E-state index contributed by atoms with van der Waals surface area (Å²) in [6.07, 6.45) is 0.702. The Labute approximate surface area is 107 Å². The van der Waals surface area contributed by atoms with Crippen LogP contribution in [0.2, 0.25) is 0 Å². The van der Waals surface area contributed by atoms with Crippen molar-refractivity contribution in [2.24, 2.45) is 0 Å². The van der Waals surface area contributed by atoms with Crippen molar-refractivity contribution in [3.05, 3.63) is 57.0 Å². The van der Waals surface area contributed by atoms with Crippen molar-refractivity contribution in [3.8, 4) is 0 Å². The van der Waals surface area contributed by atoms with Crippen molar-refractivity contribution in [2.75, 3.05) is 0 Å². The van der Waals surface area contributed by atoms with Gasteiger partial charge in [-0.3, -0.25) is 4.79 Å². The average Bonchev–Trinajstić information content (AvgIpc) is 2.79. The lowest BCUT2D eigenvalue weighted by atomic mass is 10.2. The molecule has 3 rings (SSSR count). The molecule has 90 valence electrons. The van der Waals surface area contributed by atoms with Gasteiger partial charge < -0.3 is 0 Å². The second-order valence-corrected chi connectivity index (χ2v) is 4.98. The van der Waals surface area contributed by atoms with Gasteiger partial charge in [0.2, 0.25) is 4.96 Å². The molecule has 0 bridgehead atoms. The van der Waals surface area contributed by atoms with Crippen LogP contribution in [0.4, 0.5) is 0 Å². The molecule has 0 aliphatic rings. The van der Waals surface area contributed by atoms with Gasteiger partial charge in [0, 0.05) is 6.42 Å². The molecule has 18 heavy (non-hydrogen) atoms. The smallest absolute Gasteiger partial charge is 0.265 e. The first-order valence-corrected chi connectivity index (χ1v) is 6.31. The topological polar surface area (TPSA) is 60.1 Å². The Bertz CT molecular complexity index is 748. The van der Waals surface area contributed by atoms with Crippen LogP contribution in [0.3, 0.4) is 0 Å². The summed E-state index contributed by atoms with van der Waals surface area (Å²) in [6, 6.07) is 10.0. The van der Waals surface area contributed by atoms with Crippen molar-refractivity contribution in [1.82, 2.24) is 19.8 Å². The van der Waals surface area contributed by atoms with Crippen molar-refractivity contribution < 1.29 is 0 Å². The number of rotatable bonds is 2. The van der Waals surface area contributed by atoms with E-state index in [9.17, 15) is 4.79 Å². The molecule has 6 heteroatoms. The number of fused-ring (bicyclic) bond motifs is 1. The van der Waals surface area contributed by atoms with Crippen LogP contribution in [0.25, 0.3) is 4.96 Å². The molecule has 2 aromatic heterocycles. The fraction of sp³-hybridized carbons (Fsp3) is 0.167. The molecule has 0 saturated heterocycles. The lowest BCUT2D eigenvalue weighted by molar-refractivity contribution is 0.810. The minimum Gasteiger partial charge on any atom is -0.265 e. The maximum atomic E-state index is 11.8. The van der Waals surface area contributed by atoms with E-state index in [1.54, 1.807) is 6.92 Å². The monoisotopic (exact) mass is 258 g/mol. The van der Waals surface area contributed by atoms with Gasteiger partial charge in [-0.1, -0.05) is 41.7 Å². The highest BCUT2D eigenvalue weighted by molar-refractivity contribution is 7.16. The molecule has 5 nitrogen and oxygen atoms in total. The molecule has 0 atom stereocenters. The van der Waals surface area contributed by atoms with Gasteiger partial charge in [0.15, 0.2) is 0 Å². The summed E-state index contributed by atoms with van der Waals surface area (Å²) in [7, 11) is 0. The second kappa shape index (κ2) is 4.30. The number of nitrogens with zero attached hydrogens (tertiary/aromatic N) is 4. The molecule has 0 radical (unpaired) electrons. The van der Waals surface area contributed by atoms with Gasteiger partial charge in [-0.05, 0) is 12.5 Å². The van der Waals surface area contributed by atoms with E-state index < -0.39 is 0 Å². The third-order valence-electron chi connectivity index (χ3n) is 2.59. The standard InChI is InChI=1S/C12H10N4OS/c1-8-11(17)16-12(14-13-8)18-10(15-16)7-9-5-3-2-4-6-9/h2-6H,7H2,1H3. The lowest BCUT2D eigenvalue weighted by Crippen LogP contribution is -2.19. The SMILES string of the molecule is Cc1nnc2sc(Cc3ccccc3)nn2c1=O. The van der Waals surface area contributed by atoms with Gasteiger partial charge in [-0.2, -0.15) is 9.61 Å². The average molecular weight is 258 g/mol. The van der Waals surface area contributed by atoms with Crippen LogP contribution in [0.1, 0.15) is 16.3 Å². The maximum Gasteiger partial charge on any atom is 0.296 e. The summed E-state index contributed by atoms with van der Waals surface area (Å²) in [4.78, 5) is 12.3. The fourth-order valence-electron chi connectivity index (χ4n) is 1.67. The van der Waals surface area contributed by atoms with E-state index in [1.165, 1.54) is 15.9 Å². The molecule has 0 aliphatic heterocycles. The molecule has 0 unspecified atom stereocenters. The van der Waals surface area contributed by atoms with E-state index in [0.29, 0.717) is 17.1 Å². The van der Waals surface area contributed by atoms with Crippen molar-refractivity contribution in [2.45, 2.75) is 13.3 Å². The number of aromatic nitrogens is 4. The summed E-state index contributed by atoms with van der Waals surface area (Å²) < 4.78 is 1.32. The first kappa shape index (κ1) is 11.0. The van der Waals surface area contributed by atoms with Crippen LogP contribution in [-0.2, 0) is 6.42 Å². The molecule has 2 heterocycles. The van der Waals surface area contributed by atoms with Gasteiger partial charge in [-0.15, -0.1) is 10.2 Å². The molecule has 0 spiro atoms. The van der Waals surface area contributed by atoms with Crippen molar-refractivity contribution in [3.63, 3.8) is 0 Å². The number of aryl methyl sites for hydroxylation is 1. The van der Waals surface area contributed by atoms with E-state index in [0.717, 1.165) is 10.6 Å². The van der Waals surface area contributed by atoms with E-state index in [2.05, 4.69) is 15.3 Å². The van der Waals surface area contributed by atoms with E-state index in [-0.39, 0.29) is 5.56 Å². The van der Waals surface area contributed by atoms with Gasteiger partial charge in [0.1, 0.15) is 10.7 Å². The Morgan fingerprint density at radius 2 is 2.00 bits per heavy atom. The first-order valence-electron chi connectivity index (χ1n) is 5.50. The van der Waals surface area contributed by atoms with Gasteiger partial charge in [0.05, 0.1) is 0 Å². The van der Waals surface area contributed by atoms with E-state index in [1.807, 2.05) is 30.3 Å². The summed E-state index contributed by atoms with van der Waals surface area (Å²) in [5, 5.41) is 12.9. The summed E-state index contributed by atoms with van der Waals surface area (Å²) in [5.41, 5.74) is 1.33. The molecule has 0 N–H and O–H groups in total. The molecular weight excluding hydrogens is 248 g/mol. The van der Waals surface area contributed by atoms with Gasteiger partial charge in [0.25, 0.3) is 5.56 Å². The lowest BCUT2D eigenvalue weighted by Gasteiger charge is -1.94. The second-order valence-electron chi connectivity index (χ2n) is 3.94. The van der Waals surface area contributed by atoms with Crippen molar-refractivity contribution >= 4 is 16.3 Å². The fourth-order valence-corrected chi connectivity index (χ4v) is 2.54. The first-order chi connectivity index (χ1) is 8.74. The quantitative estimate of drug-likeness (QED) is 0.698. The Kier molecular flexibility index (Phi) is 2.64. The molecule has 3 aromatic rings. The summed E-state index contributed by atoms with van der Waals surface area (Å²) in [6.45, 7) is 1.64. The molecular formula is C12H10N4OS. The zero-order valence-corrected chi connectivity index (χ0v) is 10.5. The van der Waals surface area contributed by atoms with Crippen LogP contribution in [-0.4, -0.2) is 19.8 Å². The Balaban J connectivity index is 2.04. The Morgan fingerprint density at radius 1 is 1.22 bits per heavy atom. The molecule has 0 saturated carbocycles. The molecule has 1 aromatic carbocycles. The predicted molar refractivity (Wildman–Crippen MR) is 68.9 cm³/mol. The zero-order chi connectivity index (χ0) is 12.5. The molecule has 0 fully saturated rings. The maximum absolute atomic E-state index is 11.8. The summed E-state index contributed by atoms with van der Waals surface area (Å²) >= 11 is 1.39. The van der Waals surface area contributed by atoms with Crippen LogP contribution in [0.5, 0.6) is 0 Å². The number of hydrogen-bond donors (Lipinski definition) is 0. The van der Waals surface area contributed by atoms with E-state index in [4.69, 9.17) is 0 Å². The van der Waals surface area contributed by atoms with E-state index >= 15 is 0 Å². The third kappa shape index (κ3) is 1.91. The molecule has 0 aliphatic carbocycles. The van der Waals surface area contributed by atoms with Gasteiger partial charge >= 0.3 is 0 Å². The predicted octanol–water partition coefficient (Wildman–Crippen LogP) is 1.45. The van der Waals surface area contributed by atoms with Crippen LogP contribution in [0.15, 0.2) is 35.1 Å². The van der Waals surface area contributed by atoms with Gasteiger partial charge in [-0.25, -0.2) is 0 Å². The summed E-state index contributed by atoms with van der Waals surface area (Å²) in [5.74, 6) is 0. The Hall–Kier alpha value is -2.08. The Morgan fingerprint density at radius 3 is 2.78 bits per heavy atom. The third-order valence-corrected chi connectivity index (χ3v) is 3.49. The van der Waals surface area contributed by atoms with Crippen molar-refractivity contribution in [1.29, 1.82) is 0 Å².